The first-order chi connectivity index (χ1) is 14.5. The number of rotatable bonds is 7. The molecule has 2 aromatic carbocycles. The molecule has 1 heterocycles. The Balaban J connectivity index is 1.53. The highest BCUT2D eigenvalue weighted by atomic mass is 32.1. The molecular formula is C22H21N3O4S. The summed E-state index contributed by atoms with van der Waals surface area (Å²) in [5.74, 6) is -0.421. The average Bonchev–Trinajstić information content (AvgIpc) is 3.28. The van der Waals surface area contributed by atoms with Gasteiger partial charge in [0.1, 0.15) is 5.75 Å². The number of benzene rings is 2. The molecule has 1 aromatic heterocycles. The van der Waals surface area contributed by atoms with Gasteiger partial charge >= 0.3 is 0 Å². The van der Waals surface area contributed by atoms with Crippen molar-refractivity contribution in [1.29, 1.82) is 0 Å². The van der Waals surface area contributed by atoms with E-state index in [4.69, 9.17) is 4.74 Å². The zero-order valence-corrected chi connectivity index (χ0v) is 17.3. The Morgan fingerprint density at radius 3 is 2.40 bits per heavy atom. The van der Waals surface area contributed by atoms with Gasteiger partial charge in [-0.05, 0) is 60.3 Å². The monoisotopic (exact) mass is 423 g/mol. The number of anilines is 2. The second kappa shape index (κ2) is 9.71. The van der Waals surface area contributed by atoms with Crippen LogP contribution in [0.1, 0.15) is 25.6 Å². The van der Waals surface area contributed by atoms with Crippen LogP contribution in [0.5, 0.6) is 5.75 Å². The molecule has 3 aromatic rings. The summed E-state index contributed by atoms with van der Waals surface area (Å²) in [6, 6.07) is 15.4. The molecule has 30 heavy (non-hydrogen) atoms. The highest BCUT2D eigenvalue weighted by molar-refractivity contribution is 7.12. The zero-order chi connectivity index (χ0) is 21.5. The van der Waals surface area contributed by atoms with Gasteiger partial charge in [-0.1, -0.05) is 12.1 Å². The van der Waals surface area contributed by atoms with Gasteiger partial charge in [0.2, 0.25) is 5.91 Å². The van der Waals surface area contributed by atoms with Crippen molar-refractivity contribution in [3.05, 3.63) is 76.0 Å². The number of hydrogen-bond acceptors (Lipinski definition) is 5. The van der Waals surface area contributed by atoms with E-state index in [1.54, 1.807) is 48.5 Å². The highest BCUT2D eigenvalue weighted by Gasteiger charge is 2.12. The molecular weight excluding hydrogens is 402 g/mol. The summed E-state index contributed by atoms with van der Waals surface area (Å²) in [7, 11) is 1.52. The zero-order valence-electron chi connectivity index (χ0n) is 16.5. The van der Waals surface area contributed by atoms with E-state index in [1.165, 1.54) is 18.4 Å². The standard InChI is InChI=1S/C22H21N3O4S/c1-14-5-10-18(29-2)17(12-14)25-20(26)13-23-21(27)15-6-8-16(9-7-15)24-22(28)19-4-3-11-30-19/h3-12H,13H2,1-2H3,(H,23,27)(H,24,28)(H,25,26). The fourth-order valence-electron chi connectivity index (χ4n) is 2.68. The van der Waals surface area contributed by atoms with Gasteiger partial charge < -0.3 is 20.7 Å². The lowest BCUT2D eigenvalue weighted by Crippen LogP contribution is -2.32. The van der Waals surface area contributed by atoms with Crippen LogP contribution >= 0.6 is 11.3 Å². The maximum absolute atomic E-state index is 12.3. The van der Waals surface area contributed by atoms with Crippen molar-refractivity contribution in [2.75, 3.05) is 24.3 Å². The molecule has 8 heteroatoms. The van der Waals surface area contributed by atoms with Gasteiger partial charge in [-0.15, -0.1) is 11.3 Å². The topological polar surface area (TPSA) is 96.5 Å². The van der Waals surface area contributed by atoms with Gasteiger partial charge in [0, 0.05) is 11.3 Å². The lowest BCUT2D eigenvalue weighted by molar-refractivity contribution is -0.115. The second-order valence-corrected chi connectivity index (χ2v) is 7.39. The molecule has 0 aliphatic rings. The summed E-state index contributed by atoms with van der Waals surface area (Å²) in [5, 5.41) is 9.90. The van der Waals surface area contributed by atoms with Crippen LogP contribution in [0.2, 0.25) is 0 Å². The first kappa shape index (κ1) is 21.1. The van der Waals surface area contributed by atoms with Gasteiger partial charge in [-0.3, -0.25) is 14.4 Å². The summed E-state index contributed by atoms with van der Waals surface area (Å²) in [6.07, 6.45) is 0. The van der Waals surface area contributed by atoms with Crippen LogP contribution in [-0.2, 0) is 4.79 Å². The lowest BCUT2D eigenvalue weighted by Gasteiger charge is -2.11. The summed E-state index contributed by atoms with van der Waals surface area (Å²) < 4.78 is 5.23. The normalized spacial score (nSPS) is 10.2. The van der Waals surface area contributed by atoms with E-state index in [2.05, 4.69) is 16.0 Å². The molecule has 0 atom stereocenters. The average molecular weight is 423 g/mol. The summed E-state index contributed by atoms with van der Waals surface area (Å²) >= 11 is 1.35. The third kappa shape index (κ3) is 5.45. The Labute approximate surface area is 178 Å². The molecule has 0 unspecified atom stereocenters. The van der Waals surface area contributed by atoms with E-state index in [-0.39, 0.29) is 18.4 Å². The van der Waals surface area contributed by atoms with Crippen LogP contribution in [0, 0.1) is 6.92 Å². The molecule has 0 saturated heterocycles. The molecule has 0 radical (unpaired) electrons. The van der Waals surface area contributed by atoms with E-state index in [0.717, 1.165) is 5.56 Å². The largest absolute Gasteiger partial charge is 0.495 e. The second-order valence-electron chi connectivity index (χ2n) is 6.44. The van der Waals surface area contributed by atoms with E-state index in [9.17, 15) is 14.4 Å². The van der Waals surface area contributed by atoms with Crippen molar-refractivity contribution in [1.82, 2.24) is 5.32 Å². The summed E-state index contributed by atoms with van der Waals surface area (Å²) in [6.45, 7) is 1.72. The molecule has 7 nitrogen and oxygen atoms in total. The van der Waals surface area contributed by atoms with E-state index >= 15 is 0 Å². The molecule has 0 aliphatic heterocycles. The number of carbonyl (C=O) groups excluding carboxylic acids is 3. The Hall–Kier alpha value is -3.65. The van der Waals surface area contributed by atoms with E-state index in [0.29, 0.717) is 27.6 Å². The Kier molecular flexibility index (Phi) is 6.82. The fourth-order valence-corrected chi connectivity index (χ4v) is 3.30. The molecule has 3 N–H and O–H groups in total. The Morgan fingerprint density at radius 1 is 0.967 bits per heavy atom. The van der Waals surface area contributed by atoms with Gasteiger partial charge in [0.25, 0.3) is 11.8 Å². The smallest absolute Gasteiger partial charge is 0.265 e. The maximum Gasteiger partial charge on any atom is 0.265 e. The minimum absolute atomic E-state index is 0.188. The maximum atomic E-state index is 12.3. The van der Waals surface area contributed by atoms with E-state index in [1.807, 2.05) is 18.4 Å². The number of ether oxygens (including phenoxy) is 1. The molecule has 0 bridgehead atoms. The minimum Gasteiger partial charge on any atom is -0.495 e. The van der Waals surface area contributed by atoms with Crippen LogP contribution in [0.15, 0.2) is 60.0 Å². The fraction of sp³-hybridized carbons (Fsp3) is 0.136. The Bertz CT molecular complexity index is 1050. The molecule has 0 fully saturated rings. The van der Waals surface area contributed by atoms with Crippen LogP contribution < -0.4 is 20.7 Å². The number of methoxy groups -OCH3 is 1. The van der Waals surface area contributed by atoms with Crippen molar-refractivity contribution in [3.8, 4) is 5.75 Å². The number of amides is 3. The summed E-state index contributed by atoms with van der Waals surface area (Å²) in [5.41, 5.74) is 2.48. The molecule has 3 amide bonds. The number of hydrogen-bond donors (Lipinski definition) is 3. The molecule has 0 aliphatic carbocycles. The predicted molar refractivity (Wildman–Crippen MR) is 117 cm³/mol. The first-order valence-corrected chi connectivity index (χ1v) is 10.0. The molecule has 3 rings (SSSR count). The van der Waals surface area contributed by atoms with Gasteiger partial charge in [0.15, 0.2) is 0 Å². The minimum atomic E-state index is -0.391. The first-order valence-electron chi connectivity index (χ1n) is 9.14. The van der Waals surface area contributed by atoms with E-state index < -0.39 is 5.91 Å². The Morgan fingerprint density at radius 2 is 1.73 bits per heavy atom. The van der Waals surface area contributed by atoms with Crippen LogP contribution in [0.4, 0.5) is 11.4 Å². The highest BCUT2D eigenvalue weighted by Crippen LogP contribution is 2.25. The quantitative estimate of drug-likeness (QED) is 0.540. The van der Waals surface area contributed by atoms with Crippen LogP contribution in [0.3, 0.4) is 0 Å². The number of aryl methyl sites for hydroxylation is 1. The van der Waals surface area contributed by atoms with Gasteiger partial charge in [-0.2, -0.15) is 0 Å². The van der Waals surface area contributed by atoms with Gasteiger partial charge in [0.05, 0.1) is 24.2 Å². The molecule has 0 saturated carbocycles. The van der Waals surface area contributed by atoms with Crippen molar-refractivity contribution in [3.63, 3.8) is 0 Å². The number of nitrogens with one attached hydrogen (secondary N) is 3. The molecule has 0 spiro atoms. The predicted octanol–water partition coefficient (Wildman–Crippen LogP) is 3.69. The van der Waals surface area contributed by atoms with Crippen molar-refractivity contribution in [2.24, 2.45) is 0 Å². The lowest BCUT2D eigenvalue weighted by atomic mass is 10.2. The number of thiophene rings is 1. The van der Waals surface area contributed by atoms with Crippen molar-refractivity contribution in [2.45, 2.75) is 6.92 Å². The SMILES string of the molecule is COc1ccc(C)cc1NC(=O)CNC(=O)c1ccc(NC(=O)c2cccs2)cc1. The summed E-state index contributed by atoms with van der Waals surface area (Å²) in [4.78, 5) is 37.1. The van der Waals surface area contributed by atoms with Crippen LogP contribution in [0.25, 0.3) is 0 Å². The number of carbonyl (C=O) groups is 3. The van der Waals surface area contributed by atoms with Crippen LogP contribution in [-0.4, -0.2) is 31.4 Å². The molecule has 154 valence electrons. The third-order valence-electron chi connectivity index (χ3n) is 4.19. The van der Waals surface area contributed by atoms with Crippen molar-refractivity contribution < 1.29 is 19.1 Å². The van der Waals surface area contributed by atoms with Gasteiger partial charge in [-0.25, -0.2) is 0 Å². The third-order valence-corrected chi connectivity index (χ3v) is 5.06. The van der Waals surface area contributed by atoms with Crippen molar-refractivity contribution >= 4 is 40.4 Å².